The highest BCUT2D eigenvalue weighted by Crippen LogP contribution is 2.18. The van der Waals surface area contributed by atoms with Crippen molar-refractivity contribution in [3.8, 4) is 0 Å². The maximum absolute atomic E-state index is 12.6. The van der Waals surface area contributed by atoms with E-state index in [1.807, 2.05) is 0 Å². The Morgan fingerprint density at radius 1 is 0.700 bits per heavy atom. The third-order valence-electron chi connectivity index (χ3n) is 6.68. The van der Waals surface area contributed by atoms with Gasteiger partial charge in [-0.3, -0.25) is 9.59 Å². The number of aliphatic carboxylic acids is 1. The molecule has 0 heterocycles. The summed E-state index contributed by atoms with van der Waals surface area (Å²) >= 11 is 0. The Bertz CT molecular complexity index is 1200. The average molecular weight is 582 g/mol. The van der Waals surface area contributed by atoms with E-state index < -0.39 is 57.4 Å². The van der Waals surface area contributed by atoms with Crippen LogP contribution in [-0.2, 0) is 14.3 Å². The van der Waals surface area contributed by atoms with Gasteiger partial charge >= 0.3 is 11.9 Å². The van der Waals surface area contributed by atoms with Crippen molar-refractivity contribution in [3.63, 3.8) is 0 Å². The van der Waals surface area contributed by atoms with Crippen LogP contribution >= 0.6 is 0 Å². The molecule has 0 aliphatic rings. The third kappa shape index (κ3) is 31.2. The summed E-state index contributed by atoms with van der Waals surface area (Å²) < 4.78 is 141. The van der Waals surface area contributed by atoms with Gasteiger partial charge in [0.1, 0.15) is 6.10 Å². The van der Waals surface area contributed by atoms with Gasteiger partial charge in [0.15, 0.2) is 0 Å². The van der Waals surface area contributed by atoms with E-state index in [0.29, 0.717) is 57.4 Å². The molecule has 0 radical (unpaired) electrons. The maximum atomic E-state index is 12.6. The number of hydrogen-bond acceptors (Lipinski definition) is 3. The highest BCUT2D eigenvalue weighted by Gasteiger charge is 2.15. The van der Waals surface area contributed by atoms with Gasteiger partial charge in [-0.2, -0.15) is 0 Å². The second-order valence-corrected chi connectivity index (χ2v) is 10.3. The maximum Gasteiger partial charge on any atom is 0.306 e. The fraction of sp³-hybridized carbons (Fsp3) is 0.889. The van der Waals surface area contributed by atoms with Crippen LogP contribution in [0.5, 0.6) is 0 Å². The van der Waals surface area contributed by atoms with Crippen LogP contribution < -0.4 is 0 Å². The Morgan fingerprint density at radius 3 is 1.95 bits per heavy atom. The van der Waals surface area contributed by atoms with E-state index in [2.05, 4.69) is 6.92 Å². The highest BCUT2D eigenvalue weighted by atomic mass is 16.5. The van der Waals surface area contributed by atoms with E-state index in [4.69, 9.17) is 33.1 Å². The molecular formula is C36H68O4. The molecule has 1 atom stereocenters. The zero-order valence-corrected chi connectivity index (χ0v) is 25.0. The topological polar surface area (TPSA) is 63.6 Å². The minimum absolute atomic E-state index is 0.0152. The van der Waals surface area contributed by atoms with Crippen molar-refractivity contribution in [2.24, 2.45) is 0 Å². The second-order valence-electron chi connectivity index (χ2n) is 10.3. The van der Waals surface area contributed by atoms with Crippen molar-refractivity contribution < 1.29 is 42.7 Å². The van der Waals surface area contributed by atoms with Gasteiger partial charge < -0.3 is 9.84 Å². The summed E-state index contributed by atoms with van der Waals surface area (Å²) in [6, 6.07) is 0. The van der Waals surface area contributed by atoms with Crippen molar-refractivity contribution >= 4 is 11.9 Å². The smallest absolute Gasteiger partial charge is 0.306 e. The van der Waals surface area contributed by atoms with Crippen LogP contribution in [0.3, 0.4) is 0 Å². The number of unbranched alkanes of at least 4 members (excludes halogenated alkanes) is 15. The summed E-state index contributed by atoms with van der Waals surface area (Å²) in [6.07, 6.45) is -8.18. The molecule has 0 rings (SSSR count). The lowest BCUT2D eigenvalue weighted by atomic mass is 10.0. The molecule has 0 aromatic heterocycles. The Labute approximate surface area is 273 Å². The minimum Gasteiger partial charge on any atom is -0.481 e. The van der Waals surface area contributed by atoms with Gasteiger partial charge in [0.2, 0.25) is 0 Å². The van der Waals surface area contributed by atoms with Gasteiger partial charge in [0, 0.05) is 36.1 Å². The molecular weight excluding hydrogens is 496 g/mol. The average Bonchev–Trinajstić information content (AvgIpc) is 3.08. The van der Waals surface area contributed by atoms with Crippen LogP contribution in [0.25, 0.3) is 0 Å². The first-order valence-corrected chi connectivity index (χ1v) is 15.6. The number of carboxylic acid groups (broad SMARTS) is 1. The molecule has 0 amide bonds. The molecule has 40 heavy (non-hydrogen) atoms. The predicted octanol–water partition coefficient (Wildman–Crippen LogP) is 11.9. The number of carboxylic acids is 1. The monoisotopic (exact) mass is 582 g/mol. The summed E-state index contributed by atoms with van der Waals surface area (Å²) in [5.41, 5.74) is 0. The number of rotatable bonds is 32. The van der Waals surface area contributed by atoms with Crippen molar-refractivity contribution in [2.45, 2.75) is 206 Å². The summed E-state index contributed by atoms with van der Waals surface area (Å²) in [5, 5.41) is 9.02. The van der Waals surface area contributed by atoms with Gasteiger partial charge in [-0.05, 0) is 57.7 Å². The summed E-state index contributed by atoms with van der Waals surface area (Å²) in [6.45, 7) is -1.60. The quantitative estimate of drug-likeness (QED) is 0.0487. The van der Waals surface area contributed by atoms with Crippen LogP contribution in [0.2, 0.25) is 0 Å². The lowest BCUT2D eigenvalue weighted by Crippen LogP contribution is -2.18. The Morgan fingerprint density at radius 2 is 1.27 bits per heavy atom. The molecule has 0 aliphatic carbocycles. The first kappa shape index (κ1) is 18.4. The number of ether oxygens (including phenoxy) is 1. The molecule has 1 N–H and O–H groups in total. The standard InChI is InChI=1S/C36H68O4/c1-3-5-7-9-11-13-15-16-17-18-20-22-24-26-28-33-36(39)40-34(31-29-32-35(37)38)30-27-25-23-21-19-14-12-10-8-6-4-2/h16-17,34H,3-15,18-33H2,1-2H3,(H,37,38)/b17-16-/i1D3,3D2,5D2,7D2,9D2,11D2,13D2,15D2. The lowest BCUT2D eigenvalue weighted by Gasteiger charge is -2.18. The first-order chi connectivity index (χ1) is 26.0. The molecule has 0 fully saturated rings. The first-order valence-electron chi connectivity index (χ1n) is 24.1. The molecule has 0 saturated carbocycles. The van der Waals surface area contributed by atoms with Crippen molar-refractivity contribution in [1.82, 2.24) is 0 Å². The molecule has 0 aliphatic heterocycles. The van der Waals surface area contributed by atoms with E-state index in [9.17, 15) is 9.59 Å². The van der Waals surface area contributed by atoms with Crippen LogP contribution in [0.1, 0.15) is 223 Å². The molecule has 0 aromatic rings. The fourth-order valence-corrected chi connectivity index (χ4v) is 4.43. The molecule has 4 heteroatoms. The largest absolute Gasteiger partial charge is 0.481 e. The molecule has 4 nitrogen and oxygen atoms in total. The number of esters is 1. The van der Waals surface area contributed by atoms with Crippen molar-refractivity contribution in [1.29, 1.82) is 0 Å². The minimum atomic E-state index is -4.30. The predicted molar refractivity (Wildman–Crippen MR) is 172 cm³/mol. The lowest BCUT2D eigenvalue weighted by molar-refractivity contribution is -0.150. The Kier molecular flexibility index (Phi) is 14.8. The van der Waals surface area contributed by atoms with E-state index in [1.165, 1.54) is 57.4 Å². The van der Waals surface area contributed by atoms with E-state index in [1.54, 1.807) is 0 Å². The van der Waals surface area contributed by atoms with Crippen molar-refractivity contribution in [2.75, 3.05) is 0 Å². The summed E-state index contributed by atoms with van der Waals surface area (Å²) in [7, 11) is 0. The van der Waals surface area contributed by atoms with Crippen LogP contribution in [0.4, 0.5) is 0 Å². The van der Waals surface area contributed by atoms with Crippen molar-refractivity contribution in [3.05, 3.63) is 12.2 Å². The van der Waals surface area contributed by atoms with Gasteiger partial charge in [0.25, 0.3) is 0 Å². The SMILES string of the molecule is [2H]C([2H])([2H])C([2H])([2H])C([2H])([2H])C([2H])([2H])C([2H])([2H])C([2H])([2H])C([2H])([2H])C([2H])([2H])/C=C\CCCCCCCC(=O)OC(CCCCCCCCCCCCC)CCCC(=O)O. The van der Waals surface area contributed by atoms with E-state index in [0.717, 1.165) is 19.3 Å². The normalized spacial score (nSPS) is 21.4. The van der Waals surface area contributed by atoms with Crippen LogP contribution in [0.15, 0.2) is 12.2 Å². The Hall–Kier alpha value is -1.32. The highest BCUT2D eigenvalue weighted by molar-refractivity contribution is 5.69. The molecule has 0 spiro atoms. The molecule has 0 bridgehead atoms. The number of allylic oxidation sites excluding steroid dienone is 2. The van der Waals surface area contributed by atoms with Gasteiger partial charge in [-0.25, -0.2) is 0 Å². The summed E-state index contributed by atoms with van der Waals surface area (Å²) in [5.74, 6) is -1.22. The number of carbonyl (C=O) groups is 2. The molecule has 236 valence electrons. The van der Waals surface area contributed by atoms with Gasteiger partial charge in [0.05, 0.1) is 0 Å². The van der Waals surface area contributed by atoms with Crippen LogP contribution in [0, 0.1) is 0 Å². The van der Waals surface area contributed by atoms with Crippen LogP contribution in [-0.4, -0.2) is 23.1 Å². The van der Waals surface area contributed by atoms with E-state index >= 15 is 0 Å². The van der Waals surface area contributed by atoms with E-state index in [-0.39, 0.29) is 31.3 Å². The summed E-state index contributed by atoms with van der Waals surface area (Å²) in [4.78, 5) is 23.6. The second kappa shape index (κ2) is 32.2. The number of carbonyl (C=O) groups excluding carboxylic acids is 1. The number of hydrogen-bond donors (Lipinski definition) is 1. The Balaban J connectivity index is 4.95. The zero-order valence-electron chi connectivity index (χ0n) is 42.0. The zero-order chi connectivity index (χ0) is 44.4. The fourth-order valence-electron chi connectivity index (χ4n) is 4.43. The molecule has 0 aromatic carbocycles. The van der Waals surface area contributed by atoms with Gasteiger partial charge in [-0.15, -0.1) is 0 Å². The molecule has 1 unspecified atom stereocenters. The molecule has 0 saturated heterocycles. The van der Waals surface area contributed by atoms with Gasteiger partial charge in [-0.1, -0.05) is 141 Å². The third-order valence-corrected chi connectivity index (χ3v) is 6.68.